The van der Waals surface area contributed by atoms with Gasteiger partial charge in [-0.3, -0.25) is 0 Å². The Hall–Kier alpha value is -2.81. The molecule has 4 heteroatoms. The predicted molar refractivity (Wildman–Crippen MR) is 111 cm³/mol. The second-order valence-corrected chi connectivity index (χ2v) is 9.78. The van der Waals surface area contributed by atoms with E-state index in [-0.39, 0.29) is 11.9 Å². The molecule has 0 saturated carbocycles. The zero-order valence-corrected chi connectivity index (χ0v) is 17.0. The molecule has 2 atom stereocenters. The molecule has 0 spiro atoms. The zero-order chi connectivity index (χ0) is 19.3. The summed E-state index contributed by atoms with van der Waals surface area (Å²) in [4.78, 5) is 13.1. The fourth-order valence-electron chi connectivity index (χ4n) is 3.32. The normalized spacial score (nSPS) is 17.2. The van der Waals surface area contributed by atoms with E-state index in [0.29, 0.717) is 28.6 Å². The van der Waals surface area contributed by atoms with Crippen molar-refractivity contribution >= 4 is 29.8 Å². The number of benzene rings is 3. The molecule has 1 aliphatic rings. The van der Waals surface area contributed by atoms with Crippen LogP contribution < -0.4 is 4.46 Å². The van der Waals surface area contributed by atoms with Crippen molar-refractivity contribution in [3.05, 3.63) is 108 Å². The second-order valence-electron chi connectivity index (χ2n) is 6.64. The topological polar surface area (TPSA) is 43.4 Å². The van der Waals surface area contributed by atoms with Crippen molar-refractivity contribution in [3.63, 3.8) is 0 Å². The van der Waals surface area contributed by atoms with E-state index in [9.17, 15) is 8.63 Å². The fraction of sp³-hybridized carbons (Fsp3) is 0.125. The van der Waals surface area contributed by atoms with E-state index >= 15 is 0 Å². The Balaban J connectivity index is 1.61. The number of carbonyl (C=O) groups excluding carboxylic acids is 1. The molecule has 28 heavy (non-hydrogen) atoms. The summed E-state index contributed by atoms with van der Waals surface area (Å²) >= 11 is -2.23. The number of ether oxygens (including phenoxy) is 1. The Morgan fingerprint density at radius 3 is 2.07 bits per heavy atom. The van der Waals surface area contributed by atoms with Crippen LogP contribution >= 0.6 is 0 Å². The van der Waals surface area contributed by atoms with Gasteiger partial charge in [0, 0.05) is 0 Å². The van der Waals surface area contributed by atoms with Crippen LogP contribution in [0.2, 0.25) is 5.32 Å². The monoisotopic (exact) mass is 436 g/mol. The molecule has 3 aromatic carbocycles. The van der Waals surface area contributed by atoms with Crippen molar-refractivity contribution in [2.24, 2.45) is 0 Å². The molecule has 0 N–H and O–H groups in total. The Bertz CT molecular complexity index is 1010. The molecule has 0 aromatic heterocycles. The average Bonchev–Trinajstić information content (AvgIpc) is 3.19. The van der Waals surface area contributed by atoms with Gasteiger partial charge in [0.15, 0.2) is 0 Å². The van der Waals surface area contributed by atoms with E-state index in [1.807, 2.05) is 91.0 Å². The molecule has 0 aliphatic carbocycles. The minimum atomic E-state index is -2.23. The number of hydrogen-bond acceptors (Lipinski definition) is 3. The molecule has 0 bridgehead atoms. The van der Waals surface area contributed by atoms with Crippen molar-refractivity contribution in [2.45, 2.75) is 17.8 Å². The van der Waals surface area contributed by atoms with Crippen molar-refractivity contribution < 1.29 is 13.4 Å². The Labute approximate surface area is 168 Å². The summed E-state index contributed by atoms with van der Waals surface area (Å²) in [5, 5.41) is 0.450. The van der Waals surface area contributed by atoms with Gasteiger partial charge in [-0.05, 0) is 0 Å². The summed E-state index contributed by atoms with van der Waals surface area (Å²) in [6.07, 6.45) is 0.230. The van der Waals surface area contributed by atoms with E-state index in [2.05, 4.69) is 0 Å². The molecule has 0 fully saturated rings. The fourth-order valence-corrected chi connectivity index (χ4v) is 5.79. The molecular formula is C24H20O3Se. The first kappa shape index (κ1) is 18.5. The predicted octanol–water partition coefficient (Wildman–Crippen LogP) is 4.40. The molecule has 3 aromatic rings. The molecule has 4 rings (SSSR count). The van der Waals surface area contributed by atoms with Gasteiger partial charge in [0.1, 0.15) is 0 Å². The Kier molecular flexibility index (Phi) is 5.61. The second kappa shape index (κ2) is 8.47. The first-order valence-corrected chi connectivity index (χ1v) is 12.0. The first-order valence-electron chi connectivity index (χ1n) is 9.21. The number of rotatable bonds is 6. The Morgan fingerprint density at radius 1 is 0.857 bits per heavy atom. The van der Waals surface area contributed by atoms with Gasteiger partial charge in [-0.15, -0.1) is 0 Å². The number of ketones is 1. The van der Waals surface area contributed by atoms with Gasteiger partial charge < -0.3 is 0 Å². The van der Waals surface area contributed by atoms with Gasteiger partial charge in [-0.1, -0.05) is 0 Å². The van der Waals surface area contributed by atoms with E-state index < -0.39 is 13.8 Å². The zero-order valence-electron chi connectivity index (χ0n) is 15.3. The summed E-state index contributed by atoms with van der Waals surface area (Å²) in [7, 11) is 0. The van der Waals surface area contributed by atoms with Gasteiger partial charge in [0.2, 0.25) is 0 Å². The van der Waals surface area contributed by atoms with Crippen LogP contribution in [-0.2, 0) is 8.57 Å². The summed E-state index contributed by atoms with van der Waals surface area (Å²) in [6.45, 7) is 0. The number of hydrogen-bond donors (Lipinski definition) is 0. The number of Topliss-reactive ketones (excluding diaryl/α,β-unsaturated/α-hetero) is 1. The Morgan fingerprint density at radius 2 is 1.43 bits per heavy atom. The van der Waals surface area contributed by atoms with Crippen LogP contribution in [0.15, 0.2) is 96.6 Å². The standard InChI is InChI=1S/C24H20O3Se/c25-23(18-10-4-1-5-11-18)22-16-20(17-28(26)21-14-8-3-9-15-21)27-24(22)19-12-6-2-7-13-19/h1-15,20H,16-17H2. The van der Waals surface area contributed by atoms with Crippen LogP contribution in [-0.4, -0.2) is 25.7 Å². The molecule has 1 heterocycles. The molecule has 140 valence electrons. The molecular weight excluding hydrogens is 415 g/mol. The summed E-state index contributed by atoms with van der Waals surface area (Å²) in [5.41, 5.74) is 2.19. The van der Waals surface area contributed by atoms with Crippen LogP contribution in [0.1, 0.15) is 22.3 Å². The van der Waals surface area contributed by atoms with Crippen LogP contribution in [0.25, 0.3) is 5.76 Å². The SMILES string of the molecule is O=C(C1=C(c2ccccc2)OC(C[Se](=O)c2ccccc2)C1)c1ccccc1. The van der Waals surface area contributed by atoms with Crippen molar-refractivity contribution in [3.8, 4) is 0 Å². The quantitative estimate of drug-likeness (QED) is 0.426. The molecule has 0 amide bonds. The van der Waals surface area contributed by atoms with Crippen molar-refractivity contribution in [2.75, 3.05) is 0 Å². The third-order valence-corrected chi connectivity index (χ3v) is 7.77. The van der Waals surface area contributed by atoms with Crippen LogP contribution in [0, 0.1) is 0 Å². The molecule has 1 aliphatic heterocycles. The van der Waals surface area contributed by atoms with Gasteiger partial charge in [0.25, 0.3) is 0 Å². The van der Waals surface area contributed by atoms with Crippen molar-refractivity contribution in [1.82, 2.24) is 0 Å². The van der Waals surface area contributed by atoms with Gasteiger partial charge in [-0.2, -0.15) is 0 Å². The first-order chi connectivity index (χ1) is 13.7. The molecule has 0 radical (unpaired) electrons. The minimum absolute atomic E-state index is 0.0240. The van der Waals surface area contributed by atoms with Crippen LogP contribution in [0.4, 0.5) is 0 Å². The van der Waals surface area contributed by atoms with Gasteiger partial charge in [0.05, 0.1) is 0 Å². The van der Waals surface area contributed by atoms with Crippen LogP contribution in [0.3, 0.4) is 0 Å². The summed E-state index contributed by atoms with van der Waals surface area (Å²) < 4.78 is 19.9. The van der Waals surface area contributed by atoms with E-state index in [1.54, 1.807) is 0 Å². The average molecular weight is 435 g/mol. The molecule has 0 saturated heterocycles. The van der Waals surface area contributed by atoms with Crippen LogP contribution in [0.5, 0.6) is 0 Å². The molecule has 2 unspecified atom stereocenters. The van der Waals surface area contributed by atoms with E-state index in [4.69, 9.17) is 4.74 Å². The third-order valence-electron chi connectivity index (χ3n) is 4.68. The van der Waals surface area contributed by atoms with Gasteiger partial charge in [-0.25, -0.2) is 0 Å². The maximum atomic E-state index is 13.1. The summed E-state index contributed by atoms with van der Waals surface area (Å²) in [6, 6.07) is 28.4. The number of carbonyl (C=O) groups is 1. The maximum absolute atomic E-state index is 13.1. The van der Waals surface area contributed by atoms with Gasteiger partial charge >= 0.3 is 169 Å². The molecule has 3 nitrogen and oxygen atoms in total. The van der Waals surface area contributed by atoms with Crippen molar-refractivity contribution in [1.29, 1.82) is 0 Å². The summed E-state index contributed by atoms with van der Waals surface area (Å²) in [5.74, 6) is 0.593. The van der Waals surface area contributed by atoms with E-state index in [0.717, 1.165) is 10.0 Å². The third kappa shape index (κ3) is 4.04. The van der Waals surface area contributed by atoms with E-state index in [1.165, 1.54) is 0 Å².